The summed E-state index contributed by atoms with van der Waals surface area (Å²) in [5.74, 6) is -0.979. The molecule has 2 heterocycles. The number of hydrogen-bond acceptors (Lipinski definition) is 4. The predicted molar refractivity (Wildman–Crippen MR) is 57.2 cm³/mol. The van der Waals surface area contributed by atoms with Crippen LogP contribution in [0.25, 0.3) is 11.2 Å². The van der Waals surface area contributed by atoms with Crippen molar-refractivity contribution >= 4 is 28.9 Å². The minimum absolute atomic E-state index is 0.191. The second-order valence-electron chi connectivity index (χ2n) is 2.99. The Hall–Kier alpha value is -1.56. The number of thioether (sulfide) groups is 1. The van der Waals surface area contributed by atoms with Crippen LogP contribution in [-0.2, 0) is 7.05 Å². The van der Waals surface area contributed by atoms with Crippen LogP contribution in [0, 0.1) is 0 Å². The van der Waals surface area contributed by atoms with Gasteiger partial charge in [-0.3, -0.25) is 0 Å². The molecule has 0 aliphatic carbocycles. The molecule has 0 unspecified atom stereocenters. The Morgan fingerprint density at radius 2 is 2.33 bits per heavy atom. The molecular weight excluding hydrogens is 214 g/mol. The van der Waals surface area contributed by atoms with Gasteiger partial charge in [0.25, 0.3) is 0 Å². The SMILES string of the molecule is CSc1nc2c(C(=O)O)ccnc2n1C. The molecule has 2 aromatic heterocycles. The van der Waals surface area contributed by atoms with Crippen LogP contribution < -0.4 is 0 Å². The van der Waals surface area contributed by atoms with Gasteiger partial charge in [0.05, 0.1) is 5.56 Å². The molecule has 0 fully saturated rings. The monoisotopic (exact) mass is 223 g/mol. The third-order valence-corrected chi connectivity index (χ3v) is 2.86. The standard InChI is InChI=1S/C9H9N3O2S/c1-12-7-6(11-9(12)15-2)5(8(13)14)3-4-10-7/h3-4H,1-2H3,(H,13,14). The number of rotatable bonds is 2. The minimum atomic E-state index is -0.979. The number of carboxylic acids is 1. The number of fused-ring (bicyclic) bond motifs is 1. The lowest BCUT2D eigenvalue weighted by molar-refractivity contribution is 0.0698. The second kappa shape index (κ2) is 3.54. The van der Waals surface area contributed by atoms with Crippen molar-refractivity contribution in [1.29, 1.82) is 0 Å². The van der Waals surface area contributed by atoms with E-state index in [9.17, 15) is 4.79 Å². The number of aromatic nitrogens is 3. The molecule has 6 heteroatoms. The summed E-state index contributed by atoms with van der Waals surface area (Å²) in [6.07, 6.45) is 3.37. The second-order valence-corrected chi connectivity index (χ2v) is 3.77. The van der Waals surface area contributed by atoms with E-state index in [0.29, 0.717) is 11.2 Å². The fraction of sp³-hybridized carbons (Fsp3) is 0.222. The molecule has 0 aromatic carbocycles. The fourth-order valence-corrected chi connectivity index (χ4v) is 1.96. The molecule has 5 nitrogen and oxygen atoms in total. The van der Waals surface area contributed by atoms with Gasteiger partial charge in [0, 0.05) is 13.2 Å². The van der Waals surface area contributed by atoms with Crippen LogP contribution in [0.3, 0.4) is 0 Å². The quantitative estimate of drug-likeness (QED) is 0.779. The smallest absolute Gasteiger partial charge is 0.338 e. The van der Waals surface area contributed by atoms with Crippen molar-refractivity contribution in [3.8, 4) is 0 Å². The van der Waals surface area contributed by atoms with Gasteiger partial charge in [0.15, 0.2) is 10.8 Å². The van der Waals surface area contributed by atoms with Crippen molar-refractivity contribution in [1.82, 2.24) is 14.5 Å². The van der Waals surface area contributed by atoms with Gasteiger partial charge < -0.3 is 9.67 Å². The molecule has 0 spiro atoms. The highest BCUT2D eigenvalue weighted by Crippen LogP contribution is 2.21. The minimum Gasteiger partial charge on any atom is -0.478 e. The summed E-state index contributed by atoms with van der Waals surface area (Å²) >= 11 is 1.46. The fourth-order valence-electron chi connectivity index (χ4n) is 1.42. The number of aromatic carboxylic acids is 1. The Bertz CT molecular complexity index is 535. The van der Waals surface area contributed by atoms with Crippen molar-refractivity contribution in [2.24, 2.45) is 7.05 Å². The number of imidazole rings is 1. The van der Waals surface area contributed by atoms with E-state index in [1.807, 2.05) is 13.3 Å². The molecule has 0 radical (unpaired) electrons. The Morgan fingerprint density at radius 1 is 1.60 bits per heavy atom. The molecular formula is C9H9N3O2S. The lowest BCUT2D eigenvalue weighted by Gasteiger charge is -1.96. The molecule has 0 aliphatic heterocycles. The predicted octanol–water partition coefficient (Wildman–Crippen LogP) is 1.39. The summed E-state index contributed by atoms with van der Waals surface area (Å²) < 4.78 is 1.78. The molecule has 0 bridgehead atoms. The molecule has 0 atom stereocenters. The van der Waals surface area contributed by atoms with Crippen LogP contribution in [0.15, 0.2) is 17.4 Å². The molecule has 0 aliphatic rings. The molecule has 0 saturated heterocycles. The Balaban J connectivity index is 2.81. The molecule has 2 rings (SSSR count). The van der Waals surface area contributed by atoms with Gasteiger partial charge in [0.2, 0.25) is 0 Å². The van der Waals surface area contributed by atoms with E-state index in [0.717, 1.165) is 5.16 Å². The maximum atomic E-state index is 10.9. The zero-order chi connectivity index (χ0) is 11.0. The van der Waals surface area contributed by atoms with Crippen LogP contribution in [0.4, 0.5) is 0 Å². The van der Waals surface area contributed by atoms with E-state index >= 15 is 0 Å². The van der Waals surface area contributed by atoms with Crippen LogP contribution >= 0.6 is 11.8 Å². The van der Waals surface area contributed by atoms with E-state index < -0.39 is 5.97 Å². The highest BCUT2D eigenvalue weighted by Gasteiger charge is 2.15. The van der Waals surface area contributed by atoms with Gasteiger partial charge in [-0.1, -0.05) is 11.8 Å². The van der Waals surface area contributed by atoms with Crippen molar-refractivity contribution < 1.29 is 9.90 Å². The van der Waals surface area contributed by atoms with Crippen LogP contribution in [-0.4, -0.2) is 31.9 Å². The van der Waals surface area contributed by atoms with Crippen molar-refractivity contribution in [3.05, 3.63) is 17.8 Å². The topological polar surface area (TPSA) is 68.0 Å². The van der Waals surface area contributed by atoms with Crippen molar-refractivity contribution in [3.63, 3.8) is 0 Å². The Kier molecular flexibility index (Phi) is 2.36. The van der Waals surface area contributed by atoms with Crippen LogP contribution in [0.5, 0.6) is 0 Å². The molecule has 0 amide bonds. The Morgan fingerprint density at radius 3 is 2.93 bits per heavy atom. The van der Waals surface area contributed by atoms with Gasteiger partial charge in [-0.2, -0.15) is 0 Å². The largest absolute Gasteiger partial charge is 0.478 e. The molecule has 2 aromatic rings. The summed E-state index contributed by atoms with van der Waals surface area (Å²) in [6, 6.07) is 1.46. The zero-order valence-corrected chi connectivity index (χ0v) is 9.08. The van der Waals surface area contributed by atoms with Gasteiger partial charge in [-0.15, -0.1) is 0 Å². The molecule has 15 heavy (non-hydrogen) atoms. The average Bonchev–Trinajstić information content (AvgIpc) is 2.55. The third-order valence-electron chi connectivity index (χ3n) is 2.13. The van der Waals surface area contributed by atoms with E-state index in [1.54, 1.807) is 4.57 Å². The highest BCUT2D eigenvalue weighted by molar-refractivity contribution is 7.98. The number of carbonyl (C=O) groups is 1. The molecule has 1 N–H and O–H groups in total. The normalized spacial score (nSPS) is 10.8. The summed E-state index contributed by atoms with van der Waals surface area (Å²) in [6.45, 7) is 0. The number of hydrogen-bond donors (Lipinski definition) is 1. The van der Waals surface area contributed by atoms with Gasteiger partial charge >= 0.3 is 5.97 Å². The molecule has 78 valence electrons. The highest BCUT2D eigenvalue weighted by atomic mass is 32.2. The van der Waals surface area contributed by atoms with Gasteiger partial charge in [0.1, 0.15) is 5.52 Å². The molecule has 0 saturated carbocycles. The summed E-state index contributed by atoms with van der Waals surface area (Å²) in [7, 11) is 1.82. The first-order chi connectivity index (χ1) is 7.15. The van der Waals surface area contributed by atoms with Crippen LogP contribution in [0.2, 0.25) is 0 Å². The summed E-state index contributed by atoms with van der Waals surface area (Å²) in [5.41, 5.74) is 1.23. The third kappa shape index (κ3) is 1.46. The van der Waals surface area contributed by atoms with E-state index in [1.165, 1.54) is 24.0 Å². The first kappa shape index (κ1) is 9.97. The number of carboxylic acid groups (broad SMARTS) is 1. The first-order valence-corrected chi connectivity index (χ1v) is 5.46. The number of aryl methyl sites for hydroxylation is 1. The van der Waals surface area contributed by atoms with Crippen molar-refractivity contribution in [2.45, 2.75) is 5.16 Å². The van der Waals surface area contributed by atoms with E-state index in [-0.39, 0.29) is 5.56 Å². The maximum absolute atomic E-state index is 10.9. The van der Waals surface area contributed by atoms with Gasteiger partial charge in [-0.25, -0.2) is 14.8 Å². The number of pyridine rings is 1. The van der Waals surface area contributed by atoms with Crippen molar-refractivity contribution in [2.75, 3.05) is 6.26 Å². The van der Waals surface area contributed by atoms with Gasteiger partial charge in [-0.05, 0) is 12.3 Å². The lowest BCUT2D eigenvalue weighted by atomic mass is 10.2. The van der Waals surface area contributed by atoms with E-state index in [4.69, 9.17) is 5.11 Å². The Labute approximate surface area is 90.1 Å². The van der Waals surface area contributed by atoms with Crippen LogP contribution in [0.1, 0.15) is 10.4 Å². The maximum Gasteiger partial charge on any atom is 0.338 e. The summed E-state index contributed by atoms with van der Waals surface area (Å²) in [4.78, 5) is 19.3. The first-order valence-electron chi connectivity index (χ1n) is 4.24. The lowest BCUT2D eigenvalue weighted by Crippen LogP contribution is -1.98. The zero-order valence-electron chi connectivity index (χ0n) is 8.26. The number of nitrogens with zero attached hydrogens (tertiary/aromatic N) is 3. The van der Waals surface area contributed by atoms with E-state index in [2.05, 4.69) is 9.97 Å². The summed E-state index contributed by atoms with van der Waals surface area (Å²) in [5, 5.41) is 9.73. The average molecular weight is 223 g/mol.